The fourth-order valence-corrected chi connectivity index (χ4v) is 3.64. The molecule has 0 aliphatic carbocycles. The molecule has 0 atom stereocenters. The predicted molar refractivity (Wildman–Crippen MR) is 140 cm³/mol. The Kier molecular flexibility index (Phi) is 12.4. The monoisotopic (exact) mass is 544 g/mol. The van der Waals surface area contributed by atoms with Gasteiger partial charge in [0.05, 0.1) is 0 Å². The lowest BCUT2D eigenvalue weighted by atomic mass is 9.98. The van der Waals surface area contributed by atoms with Crippen molar-refractivity contribution in [2.45, 2.75) is 45.2 Å². The summed E-state index contributed by atoms with van der Waals surface area (Å²) in [4.78, 5) is 21.3. The molecule has 0 aromatic heterocycles. The van der Waals surface area contributed by atoms with E-state index in [1.807, 2.05) is 43.3 Å². The Bertz CT molecular complexity index is 701. The van der Waals surface area contributed by atoms with Gasteiger partial charge in [-0.15, -0.1) is 24.0 Å². The van der Waals surface area contributed by atoms with Crippen molar-refractivity contribution in [2.24, 2.45) is 4.99 Å². The zero-order valence-corrected chi connectivity index (χ0v) is 22.2. The summed E-state index contributed by atoms with van der Waals surface area (Å²) < 4.78 is 0. The van der Waals surface area contributed by atoms with Gasteiger partial charge in [0.1, 0.15) is 0 Å². The van der Waals surface area contributed by atoms with Crippen LogP contribution in [0.4, 0.5) is 0 Å². The molecule has 31 heavy (non-hydrogen) atoms. The van der Waals surface area contributed by atoms with Gasteiger partial charge in [0.25, 0.3) is 5.91 Å². The topological polar surface area (TPSA) is 72.0 Å². The Morgan fingerprint density at radius 1 is 1.13 bits per heavy atom. The number of piperidine rings is 1. The number of carbonyl (C=O) groups excluding carboxylic acids is 1. The quantitative estimate of drug-likeness (QED) is 0.253. The zero-order valence-electron chi connectivity index (χ0n) is 19.8. The fraction of sp³-hybridized carbons (Fsp3) is 0.652. The van der Waals surface area contributed by atoms with Gasteiger partial charge in [-0.05, 0) is 71.6 Å². The number of aliphatic imine (C=N–C) groups is 1. The second-order valence-corrected chi connectivity index (χ2v) is 8.90. The van der Waals surface area contributed by atoms with Crippen LogP contribution in [-0.4, -0.2) is 81.1 Å². The molecule has 1 aromatic carbocycles. The molecule has 1 aliphatic rings. The molecule has 1 heterocycles. The average molecular weight is 545 g/mol. The third kappa shape index (κ3) is 9.74. The molecule has 0 spiro atoms. The summed E-state index contributed by atoms with van der Waals surface area (Å²) in [5.41, 5.74) is 1.82. The van der Waals surface area contributed by atoms with Crippen molar-refractivity contribution < 1.29 is 4.79 Å². The molecule has 7 nitrogen and oxygen atoms in total. The van der Waals surface area contributed by atoms with Crippen LogP contribution in [0.1, 0.15) is 49.0 Å². The maximum atomic E-state index is 12.3. The molecule has 0 radical (unpaired) electrons. The van der Waals surface area contributed by atoms with Gasteiger partial charge in [0.2, 0.25) is 0 Å². The molecule has 1 saturated heterocycles. The molecule has 0 unspecified atom stereocenters. The van der Waals surface area contributed by atoms with E-state index < -0.39 is 0 Å². The van der Waals surface area contributed by atoms with Crippen molar-refractivity contribution in [3.63, 3.8) is 0 Å². The minimum absolute atomic E-state index is 0. The predicted octanol–water partition coefficient (Wildman–Crippen LogP) is 2.53. The van der Waals surface area contributed by atoms with Gasteiger partial charge in [0, 0.05) is 44.3 Å². The van der Waals surface area contributed by atoms with E-state index in [2.05, 4.69) is 39.7 Å². The van der Waals surface area contributed by atoms with Gasteiger partial charge in [-0.25, -0.2) is 0 Å². The lowest BCUT2D eigenvalue weighted by Gasteiger charge is -2.41. The first-order valence-corrected chi connectivity index (χ1v) is 11.0. The number of likely N-dealkylation sites (N-methyl/N-ethyl adjacent to an activating group) is 1. The van der Waals surface area contributed by atoms with Crippen LogP contribution < -0.4 is 16.0 Å². The van der Waals surface area contributed by atoms with Crippen LogP contribution >= 0.6 is 24.0 Å². The first kappa shape index (κ1) is 27.6. The Hall–Kier alpha value is -1.39. The third-order valence-electron chi connectivity index (χ3n) is 5.62. The number of nitrogens with one attached hydrogen (secondary N) is 3. The third-order valence-corrected chi connectivity index (χ3v) is 5.62. The number of rotatable bonds is 9. The largest absolute Gasteiger partial charge is 0.355 e. The van der Waals surface area contributed by atoms with E-state index in [0.29, 0.717) is 18.7 Å². The van der Waals surface area contributed by atoms with E-state index in [1.165, 1.54) is 32.4 Å². The van der Waals surface area contributed by atoms with E-state index in [1.54, 1.807) is 7.05 Å². The fourth-order valence-electron chi connectivity index (χ4n) is 3.64. The Morgan fingerprint density at radius 2 is 1.84 bits per heavy atom. The molecule has 1 fully saturated rings. The summed E-state index contributed by atoms with van der Waals surface area (Å²) in [7, 11) is 5.78. The summed E-state index contributed by atoms with van der Waals surface area (Å²) in [5, 5.41) is 9.79. The summed E-state index contributed by atoms with van der Waals surface area (Å²) in [6, 6.07) is 7.73. The molecular weight excluding hydrogens is 503 g/mol. The Morgan fingerprint density at radius 3 is 2.48 bits per heavy atom. The molecule has 3 N–H and O–H groups in total. The van der Waals surface area contributed by atoms with Crippen molar-refractivity contribution in [1.29, 1.82) is 0 Å². The van der Waals surface area contributed by atoms with Gasteiger partial charge < -0.3 is 20.9 Å². The number of guanidine groups is 1. The van der Waals surface area contributed by atoms with E-state index in [4.69, 9.17) is 0 Å². The lowest BCUT2D eigenvalue weighted by molar-refractivity contribution is 0.0950. The molecule has 2 rings (SSSR count). The number of amides is 1. The molecule has 1 aliphatic heterocycles. The first-order valence-electron chi connectivity index (χ1n) is 11.0. The van der Waals surface area contributed by atoms with Crippen LogP contribution in [0.5, 0.6) is 0 Å². The van der Waals surface area contributed by atoms with E-state index in [-0.39, 0.29) is 35.4 Å². The highest BCUT2D eigenvalue weighted by molar-refractivity contribution is 14.0. The van der Waals surface area contributed by atoms with Crippen molar-refractivity contribution in [2.75, 3.05) is 53.9 Å². The van der Waals surface area contributed by atoms with Crippen LogP contribution in [0.15, 0.2) is 29.3 Å². The minimum Gasteiger partial charge on any atom is -0.355 e. The number of hydrogen-bond donors (Lipinski definition) is 3. The van der Waals surface area contributed by atoms with Crippen molar-refractivity contribution >= 4 is 35.8 Å². The van der Waals surface area contributed by atoms with Crippen LogP contribution in [0.25, 0.3) is 0 Å². The van der Waals surface area contributed by atoms with Gasteiger partial charge in [-0.1, -0.05) is 18.6 Å². The number of halogens is 1. The highest BCUT2D eigenvalue weighted by Gasteiger charge is 2.27. The number of hydrogen-bond acceptors (Lipinski definition) is 4. The van der Waals surface area contributed by atoms with Gasteiger partial charge in [-0.2, -0.15) is 0 Å². The second kappa shape index (κ2) is 13.9. The average Bonchev–Trinajstić information content (AvgIpc) is 2.74. The second-order valence-electron chi connectivity index (χ2n) is 8.90. The van der Waals surface area contributed by atoms with Crippen LogP contribution in [0.3, 0.4) is 0 Å². The molecule has 176 valence electrons. The molecule has 1 aromatic rings. The number of benzene rings is 1. The molecule has 0 saturated carbocycles. The minimum atomic E-state index is -0.0375. The zero-order chi connectivity index (χ0) is 22.0. The molecule has 0 bridgehead atoms. The number of carbonyl (C=O) groups is 1. The summed E-state index contributed by atoms with van der Waals surface area (Å²) in [6.45, 7) is 9.83. The van der Waals surface area contributed by atoms with E-state index >= 15 is 0 Å². The highest BCUT2D eigenvalue weighted by Crippen LogP contribution is 2.19. The summed E-state index contributed by atoms with van der Waals surface area (Å²) >= 11 is 0. The van der Waals surface area contributed by atoms with Crippen LogP contribution in [0, 0.1) is 0 Å². The summed E-state index contributed by atoms with van der Waals surface area (Å²) in [6.07, 6.45) is 3.92. The van der Waals surface area contributed by atoms with Gasteiger partial charge in [-0.3, -0.25) is 14.7 Å². The first-order chi connectivity index (χ1) is 14.3. The smallest absolute Gasteiger partial charge is 0.251 e. The molecule has 1 amide bonds. The number of nitrogens with zero attached hydrogens (tertiary/aromatic N) is 3. The standard InChI is InChI=1S/C23H40N6O.HI/c1-23(2,29-13-7-6-8-14-29)18-27-22(24-3)26-17-19-10-9-11-20(16-19)21(30)25-12-15-28(4)5;/h9-11,16H,6-8,12-15,17-18H2,1-5H3,(H,25,30)(H2,24,26,27);1H. The number of likely N-dealkylation sites (tertiary alicyclic amines) is 1. The highest BCUT2D eigenvalue weighted by atomic mass is 127. The van der Waals surface area contributed by atoms with Crippen LogP contribution in [0.2, 0.25) is 0 Å². The summed E-state index contributed by atoms with van der Waals surface area (Å²) in [5.74, 6) is 0.741. The Balaban J connectivity index is 0.00000480. The van der Waals surface area contributed by atoms with Gasteiger partial charge in [0.15, 0.2) is 5.96 Å². The molecular formula is C23H41IN6O. The SMILES string of the molecule is CN=C(NCc1cccc(C(=O)NCCN(C)C)c1)NCC(C)(C)N1CCCCC1.I. The van der Waals surface area contributed by atoms with Crippen molar-refractivity contribution in [3.8, 4) is 0 Å². The maximum Gasteiger partial charge on any atom is 0.251 e. The lowest BCUT2D eigenvalue weighted by Crippen LogP contribution is -2.54. The maximum absolute atomic E-state index is 12.3. The van der Waals surface area contributed by atoms with Crippen molar-refractivity contribution in [1.82, 2.24) is 25.8 Å². The van der Waals surface area contributed by atoms with Gasteiger partial charge >= 0.3 is 0 Å². The Labute approximate surface area is 205 Å². The van der Waals surface area contributed by atoms with E-state index in [0.717, 1.165) is 24.6 Å². The van der Waals surface area contributed by atoms with E-state index in [9.17, 15) is 4.79 Å². The normalized spacial score (nSPS) is 15.4. The van der Waals surface area contributed by atoms with Crippen molar-refractivity contribution in [3.05, 3.63) is 35.4 Å². The van der Waals surface area contributed by atoms with Crippen LogP contribution in [-0.2, 0) is 6.54 Å². The molecule has 8 heteroatoms.